The Morgan fingerprint density at radius 3 is 2.71 bits per heavy atom. The molecular weight excluding hydrogens is 386 g/mol. The summed E-state index contributed by atoms with van der Waals surface area (Å²) < 4.78 is 18.8. The van der Waals surface area contributed by atoms with Gasteiger partial charge in [0.15, 0.2) is 5.96 Å². The molecule has 5 nitrogen and oxygen atoms in total. The maximum absolute atomic E-state index is 13.5. The monoisotopic (exact) mass is 410 g/mol. The third kappa shape index (κ3) is 7.56. The molecule has 0 saturated heterocycles. The van der Waals surface area contributed by atoms with Gasteiger partial charge in [-0.25, -0.2) is 9.38 Å². The maximum atomic E-state index is 13.5. The van der Waals surface area contributed by atoms with Crippen LogP contribution in [0.15, 0.2) is 23.3 Å². The fraction of sp³-hybridized carbons (Fsp3) is 0.571. The highest BCUT2D eigenvalue weighted by Crippen LogP contribution is 2.05. The van der Waals surface area contributed by atoms with Gasteiger partial charge in [-0.15, -0.1) is 24.0 Å². The van der Waals surface area contributed by atoms with Gasteiger partial charge in [0.2, 0.25) is 0 Å². The molecule has 0 amide bonds. The van der Waals surface area contributed by atoms with Crippen LogP contribution in [-0.4, -0.2) is 36.7 Å². The third-order valence-electron chi connectivity index (χ3n) is 2.80. The molecule has 21 heavy (non-hydrogen) atoms. The van der Waals surface area contributed by atoms with Crippen molar-refractivity contribution in [2.75, 3.05) is 20.2 Å². The van der Waals surface area contributed by atoms with E-state index in [-0.39, 0.29) is 41.9 Å². The molecule has 0 aliphatic heterocycles. The summed E-state index contributed by atoms with van der Waals surface area (Å²) in [5.41, 5.74) is 0.0302. The fourth-order valence-electron chi connectivity index (χ4n) is 1.40. The first-order chi connectivity index (χ1) is 9.48. The number of hydrogen-bond donors (Lipinski definition) is 2. The first kappa shape index (κ1) is 20.0. The SMILES string of the molecule is CCNC(=NCc1ncccc1F)NCC(C)(C)OC.I. The van der Waals surface area contributed by atoms with E-state index in [0.717, 1.165) is 6.54 Å². The van der Waals surface area contributed by atoms with Crippen molar-refractivity contribution in [2.45, 2.75) is 32.9 Å². The first-order valence-corrected chi connectivity index (χ1v) is 6.65. The summed E-state index contributed by atoms with van der Waals surface area (Å²) in [6.07, 6.45) is 1.56. The van der Waals surface area contributed by atoms with Gasteiger partial charge in [-0.2, -0.15) is 0 Å². The van der Waals surface area contributed by atoms with E-state index < -0.39 is 0 Å². The van der Waals surface area contributed by atoms with Crippen LogP contribution in [0.2, 0.25) is 0 Å². The van der Waals surface area contributed by atoms with Gasteiger partial charge < -0.3 is 15.4 Å². The Balaban J connectivity index is 0.00000400. The van der Waals surface area contributed by atoms with Crippen molar-refractivity contribution in [3.05, 3.63) is 29.8 Å². The largest absolute Gasteiger partial charge is 0.377 e. The minimum atomic E-state index is -0.343. The fourth-order valence-corrected chi connectivity index (χ4v) is 1.40. The number of aliphatic imine (C=N–C) groups is 1. The van der Waals surface area contributed by atoms with Crippen LogP contribution in [0.3, 0.4) is 0 Å². The number of hydrogen-bond acceptors (Lipinski definition) is 3. The number of nitrogens with one attached hydrogen (secondary N) is 2. The normalized spacial score (nSPS) is 11.8. The average Bonchev–Trinajstić information content (AvgIpc) is 2.43. The molecule has 0 bridgehead atoms. The molecule has 1 heterocycles. The predicted molar refractivity (Wildman–Crippen MR) is 93.5 cm³/mol. The molecule has 0 atom stereocenters. The zero-order chi connectivity index (χ0) is 15.0. The van der Waals surface area contributed by atoms with Gasteiger partial charge in [0.25, 0.3) is 0 Å². The Hall–Kier alpha value is -0.960. The molecular formula is C14H24FIN4O. The number of ether oxygens (including phenoxy) is 1. The van der Waals surface area contributed by atoms with Crippen LogP contribution >= 0.6 is 24.0 Å². The lowest BCUT2D eigenvalue weighted by Gasteiger charge is -2.24. The van der Waals surface area contributed by atoms with E-state index in [2.05, 4.69) is 20.6 Å². The molecule has 1 rings (SSSR count). The second kappa shape index (κ2) is 9.88. The molecule has 0 aromatic carbocycles. The molecule has 1 aromatic heterocycles. The van der Waals surface area contributed by atoms with E-state index in [1.54, 1.807) is 19.4 Å². The summed E-state index contributed by atoms with van der Waals surface area (Å²) in [7, 11) is 1.66. The Morgan fingerprint density at radius 1 is 1.43 bits per heavy atom. The molecule has 7 heteroatoms. The van der Waals surface area contributed by atoms with Gasteiger partial charge in [0.1, 0.15) is 5.82 Å². The molecule has 0 radical (unpaired) electrons. The Kier molecular flexibility index (Phi) is 9.43. The van der Waals surface area contributed by atoms with Crippen molar-refractivity contribution in [2.24, 2.45) is 4.99 Å². The lowest BCUT2D eigenvalue weighted by molar-refractivity contribution is 0.0268. The van der Waals surface area contributed by atoms with E-state index in [0.29, 0.717) is 18.2 Å². The Bertz CT molecular complexity index is 454. The Morgan fingerprint density at radius 2 is 2.14 bits per heavy atom. The third-order valence-corrected chi connectivity index (χ3v) is 2.80. The van der Waals surface area contributed by atoms with Crippen LogP contribution < -0.4 is 10.6 Å². The van der Waals surface area contributed by atoms with Gasteiger partial charge >= 0.3 is 0 Å². The van der Waals surface area contributed by atoms with Crippen molar-refractivity contribution in [1.82, 2.24) is 15.6 Å². The molecule has 0 unspecified atom stereocenters. The second-order valence-electron chi connectivity index (χ2n) is 4.94. The number of pyridine rings is 1. The predicted octanol–water partition coefficient (Wildman–Crippen LogP) is 2.32. The molecule has 2 N–H and O–H groups in total. The maximum Gasteiger partial charge on any atom is 0.191 e. The van der Waals surface area contributed by atoms with Gasteiger partial charge in [-0.1, -0.05) is 0 Å². The lowest BCUT2D eigenvalue weighted by atomic mass is 10.1. The number of methoxy groups -OCH3 is 1. The number of aromatic nitrogens is 1. The van der Waals surface area contributed by atoms with Crippen LogP contribution in [0.4, 0.5) is 4.39 Å². The van der Waals surface area contributed by atoms with Crippen molar-refractivity contribution < 1.29 is 9.13 Å². The van der Waals surface area contributed by atoms with E-state index >= 15 is 0 Å². The zero-order valence-electron chi connectivity index (χ0n) is 12.9. The Labute approximate surface area is 142 Å². The van der Waals surface area contributed by atoms with E-state index in [4.69, 9.17) is 4.74 Å². The molecule has 120 valence electrons. The summed E-state index contributed by atoms with van der Waals surface area (Å²) in [5, 5.41) is 6.27. The van der Waals surface area contributed by atoms with Crippen LogP contribution in [0.25, 0.3) is 0 Å². The molecule has 0 spiro atoms. The standard InChI is InChI=1S/C14H23FN4O.HI/c1-5-16-13(19-10-14(2,3)20-4)18-9-12-11(15)7-6-8-17-12;/h6-8H,5,9-10H2,1-4H3,(H2,16,18,19);1H. The van der Waals surface area contributed by atoms with Crippen LogP contribution in [0.1, 0.15) is 26.5 Å². The smallest absolute Gasteiger partial charge is 0.191 e. The highest BCUT2D eigenvalue weighted by atomic mass is 127. The minimum absolute atomic E-state index is 0. The molecule has 0 saturated carbocycles. The summed E-state index contributed by atoms with van der Waals surface area (Å²) in [4.78, 5) is 8.29. The zero-order valence-corrected chi connectivity index (χ0v) is 15.3. The summed E-state index contributed by atoms with van der Waals surface area (Å²) in [5.74, 6) is 0.270. The quantitative estimate of drug-likeness (QED) is 0.430. The van der Waals surface area contributed by atoms with E-state index in [1.807, 2.05) is 20.8 Å². The number of nitrogens with zero attached hydrogens (tertiary/aromatic N) is 2. The number of halogens is 2. The first-order valence-electron chi connectivity index (χ1n) is 6.65. The number of guanidine groups is 1. The second-order valence-corrected chi connectivity index (χ2v) is 4.94. The van der Waals surface area contributed by atoms with Gasteiger partial charge in [0.05, 0.1) is 17.8 Å². The summed E-state index contributed by atoms with van der Waals surface area (Å²) in [6, 6.07) is 2.94. The van der Waals surface area contributed by atoms with Gasteiger partial charge in [0, 0.05) is 26.4 Å². The van der Waals surface area contributed by atoms with Crippen molar-refractivity contribution in [1.29, 1.82) is 0 Å². The minimum Gasteiger partial charge on any atom is -0.377 e. The summed E-state index contributed by atoms with van der Waals surface area (Å²) >= 11 is 0. The average molecular weight is 410 g/mol. The summed E-state index contributed by atoms with van der Waals surface area (Å²) in [6.45, 7) is 7.43. The lowest BCUT2D eigenvalue weighted by Crippen LogP contribution is -2.45. The molecule has 0 aliphatic rings. The molecule has 0 fully saturated rings. The van der Waals surface area contributed by atoms with Crippen LogP contribution in [0, 0.1) is 5.82 Å². The van der Waals surface area contributed by atoms with Gasteiger partial charge in [-0.05, 0) is 32.9 Å². The highest BCUT2D eigenvalue weighted by molar-refractivity contribution is 14.0. The van der Waals surface area contributed by atoms with E-state index in [1.165, 1.54) is 6.07 Å². The topological polar surface area (TPSA) is 58.5 Å². The molecule has 0 aliphatic carbocycles. The van der Waals surface area contributed by atoms with E-state index in [9.17, 15) is 4.39 Å². The van der Waals surface area contributed by atoms with Gasteiger partial charge in [-0.3, -0.25) is 4.98 Å². The number of rotatable bonds is 6. The van der Waals surface area contributed by atoms with Crippen LogP contribution in [0.5, 0.6) is 0 Å². The van der Waals surface area contributed by atoms with Crippen molar-refractivity contribution >= 4 is 29.9 Å². The van der Waals surface area contributed by atoms with Crippen LogP contribution in [-0.2, 0) is 11.3 Å². The molecule has 1 aromatic rings. The highest BCUT2D eigenvalue weighted by Gasteiger charge is 2.16. The van der Waals surface area contributed by atoms with Crippen molar-refractivity contribution in [3.8, 4) is 0 Å². The van der Waals surface area contributed by atoms with Crippen molar-refractivity contribution in [3.63, 3.8) is 0 Å².